The molecule has 0 unspecified atom stereocenters. The van der Waals surface area contributed by atoms with Crippen molar-refractivity contribution >= 4 is 0 Å². The average Bonchev–Trinajstić information content (AvgIpc) is 3.19. The third-order valence-electron chi connectivity index (χ3n) is 6.64. The highest BCUT2D eigenvalue weighted by Gasteiger charge is 2.73. The molecule has 3 aromatic rings. The Morgan fingerprint density at radius 3 is 2.32 bits per heavy atom. The number of fused-ring (bicyclic) bond motifs is 3. The molecule has 0 radical (unpaired) electrons. The number of hydrogen-bond acceptors (Lipinski definition) is 6. The number of phenols is 1. The molecule has 0 aromatic heterocycles. The first kappa shape index (κ1) is 19.7. The van der Waals surface area contributed by atoms with Crippen molar-refractivity contribution in [1.82, 2.24) is 0 Å². The molecule has 4 atom stereocenters. The lowest BCUT2D eigenvalue weighted by atomic mass is 9.71. The van der Waals surface area contributed by atoms with Crippen molar-refractivity contribution in [3.8, 4) is 23.0 Å². The molecule has 0 amide bonds. The van der Waals surface area contributed by atoms with E-state index in [0.717, 1.165) is 5.56 Å². The van der Waals surface area contributed by atoms with Crippen LogP contribution in [0.5, 0.6) is 23.0 Å². The van der Waals surface area contributed by atoms with Crippen molar-refractivity contribution in [3.63, 3.8) is 0 Å². The molecule has 2 aliphatic rings. The number of ether oxygens (including phenoxy) is 3. The first-order valence-electron chi connectivity index (χ1n) is 10.2. The van der Waals surface area contributed by atoms with Crippen molar-refractivity contribution in [2.75, 3.05) is 14.2 Å². The number of methoxy groups -OCH3 is 2. The second kappa shape index (κ2) is 6.90. The van der Waals surface area contributed by atoms with E-state index in [4.69, 9.17) is 14.2 Å². The maximum atomic E-state index is 12.2. The third-order valence-corrected chi connectivity index (χ3v) is 6.64. The second-order valence-corrected chi connectivity index (χ2v) is 8.07. The molecular formula is C25H24O6. The van der Waals surface area contributed by atoms with Gasteiger partial charge in [-0.1, -0.05) is 42.5 Å². The van der Waals surface area contributed by atoms with Gasteiger partial charge in [0, 0.05) is 18.1 Å². The van der Waals surface area contributed by atoms with Crippen LogP contribution >= 0.6 is 0 Å². The summed E-state index contributed by atoms with van der Waals surface area (Å²) in [5.41, 5.74) is -1.15. The first-order valence-corrected chi connectivity index (χ1v) is 10.2. The molecule has 1 aliphatic carbocycles. The quantitative estimate of drug-likeness (QED) is 0.599. The fourth-order valence-corrected chi connectivity index (χ4v) is 5.32. The molecule has 1 fully saturated rings. The Kier molecular flexibility index (Phi) is 4.39. The van der Waals surface area contributed by atoms with Crippen molar-refractivity contribution in [3.05, 3.63) is 83.4 Å². The van der Waals surface area contributed by atoms with E-state index in [1.165, 1.54) is 19.2 Å². The Labute approximate surface area is 180 Å². The number of aliphatic hydroxyl groups excluding tert-OH is 1. The van der Waals surface area contributed by atoms with Crippen LogP contribution < -0.4 is 14.2 Å². The minimum absolute atomic E-state index is 0.0465. The van der Waals surface area contributed by atoms with Crippen molar-refractivity contribution in [2.24, 2.45) is 0 Å². The topological polar surface area (TPSA) is 88.4 Å². The lowest BCUT2D eigenvalue weighted by molar-refractivity contribution is -0.150. The third kappa shape index (κ3) is 2.52. The van der Waals surface area contributed by atoms with Gasteiger partial charge in [-0.15, -0.1) is 0 Å². The van der Waals surface area contributed by atoms with Crippen molar-refractivity contribution in [1.29, 1.82) is 0 Å². The zero-order valence-corrected chi connectivity index (χ0v) is 17.3. The summed E-state index contributed by atoms with van der Waals surface area (Å²) in [6.45, 7) is 0. The van der Waals surface area contributed by atoms with Gasteiger partial charge in [-0.3, -0.25) is 0 Å². The van der Waals surface area contributed by atoms with Crippen LogP contribution in [0, 0.1) is 0 Å². The molecule has 3 N–H and O–H groups in total. The molecule has 1 saturated carbocycles. The lowest BCUT2D eigenvalue weighted by Gasteiger charge is -2.40. The van der Waals surface area contributed by atoms with E-state index in [-0.39, 0.29) is 29.6 Å². The monoisotopic (exact) mass is 420 g/mol. The number of rotatable bonds is 4. The minimum atomic E-state index is -1.80. The number of hydrogen-bond donors (Lipinski definition) is 3. The zero-order chi connectivity index (χ0) is 21.8. The zero-order valence-electron chi connectivity index (χ0n) is 17.3. The minimum Gasteiger partial charge on any atom is -0.508 e. The van der Waals surface area contributed by atoms with Crippen LogP contribution in [0.3, 0.4) is 0 Å². The maximum Gasteiger partial charge on any atom is 0.176 e. The van der Waals surface area contributed by atoms with Gasteiger partial charge < -0.3 is 29.5 Å². The summed E-state index contributed by atoms with van der Waals surface area (Å²) >= 11 is 0. The number of aliphatic hydroxyl groups is 2. The van der Waals surface area contributed by atoms with E-state index >= 15 is 0 Å². The molecule has 3 aromatic carbocycles. The van der Waals surface area contributed by atoms with Gasteiger partial charge in [0.15, 0.2) is 11.2 Å². The Morgan fingerprint density at radius 1 is 0.968 bits per heavy atom. The first-order chi connectivity index (χ1) is 15.0. The van der Waals surface area contributed by atoms with Crippen molar-refractivity contribution in [2.45, 2.75) is 29.6 Å². The van der Waals surface area contributed by atoms with Crippen LogP contribution in [0.2, 0.25) is 0 Å². The van der Waals surface area contributed by atoms with Gasteiger partial charge in [0.25, 0.3) is 0 Å². The number of benzene rings is 3. The summed E-state index contributed by atoms with van der Waals surface area (Å²) in [7, 11) is 3.05. The predicted octanol–water partition coefficient (Wildman–Crippen LogP) is 3.43. The molecule has 0 bridgehead atoms. The molecule has 1 heterocycles. The number of aromatic hydroxyl groups is 1. The predicted molar refractivity (Wildman–Crippen MR) is 114 cm³/mol. The number of phenolic OH excluding ortho intramolecular Hbond substituents is 1. The van der Waals surface area contributed by atoms with Crippen LogP contribution in [0.1, 0.15) is 29.0 Å². The Hall–Kier alpha value is -3.22. The fraction of sp³-hybridized carbons (Fsp3) is 0.280. The average molecular weight is 420 g/mol. The summed E-state index contributed by atoms with van der Waals surface area (Å²) in [6.07, 6.45) is -0.838. The van der Waals surface area contributed by atoms with E-state index in [2.05, 4.69) is 0 Å². The standard InChI is InChI=1S/C25H24O6/c1-29-18-10-8-16(9-11-18)25-19(15-6-4-3-5-7-15)14-22(27)24(25,28)23-20(30-2)12-17(26)13-21(23)31-25/h3-13,19,22,26-28H,14H2,1-2H3/t19-,22+,24+,25-/m0/s1. The van der Waals surface area contributed by atoms with Gasteiger partial charge in [0.2, 0.25) is 0 Å². The largest absolute Gasteiger partial charge is 0.508 e. The second-order valence-electron chi connectivity index (χ2n) is 8.07. The van der Waals surface area contributed by atoms with Crippen LogP contribution in [0.4, 0.5) is 0 Å². The summed E-state index contributed by atoms with van der Waals surface area (Å²) < 4.78 is 17.3. The summed E-state index contributed by atoms with van der Waals surface area (Å²) in [6, 6.07) is 19.9. The summed E-state index contributed by atoms with van der Waals surface area (Å²) in [5, 5.41) is 33.7. The van der Waals surface area contributed by atoms with Gasteiger partial charge in [0.05, 0.1) is 25.9 Å². The SMILES string of the molecule is COc1ccc([C@@]23Oc4cc(O)cc(OC)c4[C@]2(O)[C@H](O)C[C@H]3c2ccccc2)cc1. The summed E-state index contributed by atoms with van der Waals surface area (Å²) in [4.78, 5) is 0. The van der Waals surface area contributed by atoms with E-state index in [0.29, 0.717) is 16.9 Å². The molecule has 5 rings (SSSR count). The highest BCUT2D eigenvalue weighted by molar-refractivity contribution is 5.62. The molecule has 0 saturated heterocycles. The Morgan fingerprint density at radius 2 is 1.68 bits per heavy atom. The lowest BCUT2D eigenvalue weighted by Crippen LogP contribution is -2.52. The maximum absolute atomic E-state index is 12.2. The fourth-order valence-electron chi connectivity index (χ4n) is 5.32. The molecule has 160 valence electrons. The highest BCUT2D eigenvalue weighted by Crippen LogP contribution is 2.68. The van der Waals surface area contributed by atoms with Gasteiger partial charge in [0.1, 0.15) is 23.0 Å². The Bertz CT molecular complexity index is 1110. The van der Waals surface area contributed by atoms with E-state index in [1.54, 1.807) is 19.2 Å². The smallest absolute Gasteiger partial charge is 0.176 e. The normalized spacial score (nSPS) is 28.5. The van der Waals surface area contributed by atoms with Crippen LogP contribution in [0.15, 0.2) is 66.7 Å². The molecular weight excluding hydrogens is 396 g/mol. The van der Waals surface area contributed by atoms with Crippen LogP contribution in [0.25, 0.3) is 0 Å². The molecule has 0 spiro atoms. The van der Waals surface area contributed by atoms with Gasteiger partial charge in [-0.05, 0) is 29.7 Å². The van der Waals surface area contributed by atoms with Gasteiger partial charge in [-0.2, -0.15) is 0 Å². The Balaban J connectivity index is 1.81. The van der Waals surface area contributed by atoms with E-state index in [1.807, 2.05) is 42.5 Å². The van der Waals surface area contributed by atoms with Crippen molar-refractivity contribution < 1.29 is 29.5 Å². The van der Waals surface area contributed by atoms with Crippen LogP contribution in [-0.4, -0.2) is 35.6 Å². The molecule has 1 aliphatic heterocycles. The molecule has 31 heavy (non-hydrogen) atoms. The molecule has 6 nitrogen and oxygen atoms in total. The summed E-state index contributed by atoms with van der Waals surface area (Å²) in [5.74, 6) is 0.816. The van der Waals surface area contributed by atoms with E-state index < -0.39 is 17.3 Å². The molecule has 6 heteroatoms. The van der Waals surface area contributed by atoms with Gasteiger partial charge >= 0.3 is 0 Å². The highest BCUT2D eigenvalue weighted by atomic mass is 16.5. The van der Waals surface area contributed by atoms with Crippen LogP contribution in [-0.2, 0) is 11.2 Å². The van der Waals surface area contributed by atoms with Gasteiger partial charge in [-0.25, -0.2) is 0 Å². The van der Waals surface area contributed by atoms with E-state index in [9.17, 15) is 15.3 Å².